The Bertz CT molecular complexity index is 782. The summed E-state index contributed by atoms with van der Waals surface area (Å²) in [7, 11) is -4.02. The van der Waals surface area contributed by atoms with E-state index >= 15 is 0 Å². The topological polar surface area (TPSA) is 122 Å². The van der Waals surface area contributed by atoms with Gasteiger partial charge in [0.05, 0.1) is 9.79 Å². The number of carboxylic acid groups (broad SMARTS) is 2. The van der Waals surface area contributed by atoms with Gasteiger partial charge in [-0.15, -0.1) is 0 Å². The lowest BCUT2D eigenvalue weighted by molar-refractivity contribution is 0.0684. The molecule has 0 aliphatic carbocycles. The summed E-state index contributed by atoms with van der Waals surface area (Å²) in [6.45, 7) is 0. The molecule has 2 rings (SSSR count). The summed E-state index contributed by atoms with van der Waals surface area (Å²) in [6, 6.07) is 8.95. The Kier molecular flexibility index (Phi) is 3.72. The molecule has 8 heteroatoms. The summed E-state index contributed by atoms with van der Waals surface area (Å²) in [4.78, 5) is 24.8. The zero-order valence-corrected chi connectivity index (χ0v) is 11.2. The van der Waals surface area contributed by atoms with E-state index in [1.807, 2.05) is 0 Å². The molecule has 0 saturated carbocycles. The Morgan fingerprint density at radius 2 is 1.33 bits per heavy atom. The van der Waals surface area contributed by atoms with Gasteiger partial charge in [-0.3, -0.25) is 0 Å². The first kappa shape index (κ1) is 14.7. The Hall–Kier alpha value is -2.74. The van der Waals surface area contributed by atoms with Crippen molar-refractivity contribution in [2.24, 2.45) is 0 Å². The summed E-state index contributed by atoms with van der Waals surface area (Å²) in [5, 5.41) is 17.8. The van der Waals surface area contributed by atoms with Gasteiger partial charge in [0.25, 0.3) is 0 Å². The summed E-state index contributed by atoms with van der Waals surface area (Å²) in [5.41, 5.74) is -1.30. The minimum absolute atomic E-state index is 0.0659. The maximum absolute atomic E-state index is 12.4. The maximum Gasteiger partial charge on any atom is 0.354 e. The number of carbonyl (C=O) groups is 2. The van der Waals surface area contributed by atoms with Gasteiger partial charge in [0.15, 0.2) is 11.4 Å². The number of nitrogens with zero attached hydrogens (tertiary/aromatic N) is 1. The maximum atomic E-state index is 12.4. The second-order valence-electron chi connectivity index (χ2n) is 4.00. The van der Waals surface area contributed by atoms with Crippen LogP contribution in [-0.2, 0) is 9.84 Å². The predicted octanol–water partition coefficient (Wildman–Crippen LogP) is 1.31. The van der Waals surface area contributed by atoms with Crippen molar-refractivity contribution in [2.45, 2.75) is 9.79 Å². The second-order valence-corrected chi connectivity index (χ2v) is 5.95. The molecule has 1 heterocycles. The molecule has 108 valence electrons. The van der Waals surface area contributed by atoms with E-state index in [0.29, 0.717) is 0 Å². The van der Waals surface area contributed by atoms with E-state index in [1.54, 1.807) is 6.07 Å². The predicted molar refractivity (Wildman–Crippen MR) is 70.0 cm³/mol. The van der Waals surface area contributed by atoms with Gasteiger partial charge >= 0.3 is 11.9 Å². The number of hydrogen-bond acceptors (Lipinski definition) is 5. The molecule has 7 nitrogen and oxygen atoms in total. The zero-order chi connectivity index (χ0) is 15.6. The van der Waals surface area contributed by atoms with Gasteiger partial charge < -0.3 is 10.2 Å². The van der Waals surface area contributed by atoms with Crippen LogP contribution in [0.3, 0.4) is 0 Å². The van der Waals surface area contributed by atoms with Crippen molar-refractivity contribution in [3.63, 3.8) is 0 Å². The van der Waals surface area contributed by atoms with Crippen molar-refractivity contribution in [3.05, 3.63) is 53.9 Å². The molecular weight excluding hydrogens is 298 g/mol. The molecule has 0 spiro atoms. The minimum Gasteiger partial charge on any atom is -0.477 e. The first-order valence-corrected chi connectivity index (χ1v) is 7.09. The fraction of sp³-hybridized carbons (Fsp3) is 0. The Morgan fingerprint density at radius 1 is 0.857 bits per heavy atom. The smallest absolute Gasteiger partial charge is 0.354 e. The van der Waals surface area contributed by atoms with Gasteiger partial charge in [0.2, 0.25) is 9.84 Å². The van der Waals surface area contributed by atoms with E-state index in [4.69, 9.17) is 10.2 Å². The Balaban J connectivity index is 2.69. The number of carboxylic acids is 2. The second kappa shape index (κ2) is 5.33. The number of rotatable bonds is 4. The highest BCUT2D eigenvalue weighted by molar-refractivity contribution is 7.91. The number of sulfone groups is 1. The van der Waals surface area contributed by atoms with Crippen LogP contribution in [0.4, 0.5) is 0 Å². The van der Waals surface area contributed by atoms with Crippen molar-refractivity contribution in [1.29, 1.82) is 0 Å². The fourth-order valence-corrected chi connectivity index (χ4v) is 2.94. The number of benzene rings is 1. The van der Waals surface area contributed by atoms with Gasteiger partial charge in [-0.2, -0.15) is 0 Å². The lowest BCUT2D eigenvalue weighted by Crippen LogP contribution is -2.11. The molecule has 0 aliphatic rings. The van der Waals surface area contributed by atoms with Gasteiger partial charge in [-0.1, -0.05) is 18.2 Å². The van der Waals surface area contributed by atoms with E-state index in [2.05, 4.69) is 4.98 Å². The van der Waals surface area contributed by atoms with Crippen LogP contribution in [0.2, 0.25) is 0 Å². The standard InChI is InChI=1S/C13H9NO6S/c15-12(16)10-6-9(7-11(14-10)13(17)18)21(19,20)8-4-2-1-3-5-8/h1-7H,(H,15,16)(H,17,18). The average molecular weight is 307 g/mol. The molecule has 1 aromatic carbocycles. The SMILES string of the molecule is O=C(O)c1cc(S(=O)(=O)c2ccccc2)cc(C(=O)O)n1. The minimum atomic E-state index is -4.02. The summed E-state index contributed by atoms with van der Waals surface area (Å²) < 4.78 is 24.7. The third-order valence-corrected chi connectivity index (χ3v) is 4.35. The van der Waals surface area contributed by atoms with Crippen molar-refractivity contribution in [3.8, 4) is 0 Å². The number of hydrogen-bond donors (Lipinski definition) is 2. The van der Waals surface area contributed by atoms with Crippen LogP contribution in [0.5, 0.6) is 0 Å². The fourth-order valence-electron chi connectivity index (χ4n) is 1.62. The van der Waals surface area contributed by atoms with Crippen LogP contribution in [0, 0.1) is 0 Å². The third kappa shape index (κ3) is 2.90. The Morgan fingerprint density at radius 3 is 1.76 bits per heavy atom. The van der Waals surface area contributed by atoms with Crippen molar-refractivity contribution >= 4 is 21.8 Å². The summed E-state index contributed by atoms with van der Waals surface area (Å²) >= 11 is 0. The van der Waals surface area contributed by atoms with Crippen LogP contribution in [0.15, 0.2) is 52.3 Å². The molecule has 0 bridgehead atoms. The zero-order valence-electron chi connectivity index (χ0n) is 10.4. The molecule has 21 heavy (non-hydrogen) atoms. The molecule has 2 aromatic rings. The molecule has 0 fully saturated rings. The number of aromatic carboxylic acids is 2. The first-order valence-electron chi connectivity index (χ1n) is 5.61. The molecule has 0 amide bonds. The average Bonchev–Trinajstić information content (AvgIpc) is 2.47. The van der Waals surface area contributed by atoms with Crippen LogP contribution in [0.1, 0.15) is 21.0 Å². The highest BCUT2D eigenvalue weighted by Gasteiger charge is 2.22. The lowest BCUT2D eigenvalue weighted by atomic mass is 10.3. The van der Waals surface area contributed by atoms with Crippen molar-refractivity contribution in [2.75, 3.05) is 0 Å². The van der Waals surface area contributed by atoms with E-state index in [1.165, 1.54) is 24.3 Å². The molecule has 2 N–H and O–H groups in total. The van der Waals surface area contributed by atoms with Gasteiger partial charge in [0.1, 0.15) is 0 Å². The molecule has 0 atom stereocenters. The first-order chi connectivity index (χ1) is 9.82. The van der Waals surface area contributed by atoms with Crippen molar-refractivity contribution < 1.29 is 28.2 Å². The molecule has 0 radical (unpaired) electrons. The Labute approximate surface area is 119 Å². The van der Waals surface area contributed by atoms with E-state index in [0.717, 1.165) is 12.1 Å². The summed E-state index contributed by atoms with van der Waals surface area (Å²) in [5.74, 6) is -3.02. The van der Waals surface area contributed by atoms with Gasteiger partial charge in [-0.05, 0) is 24.3 Å². The van der Waals surface area contributed by atoms with E-state index in [-0.39, 0.29) is 4.90 Å². The van der Waals surface area contributed by atoms with Gasteiger partial charge in [0, 0.05) is 0 Å². The monoisotopic (exact) mass is 307 g/mol. The molecular formula is C13H9NO6S. The quantitative estimate of drug-likeness (QED) is 0.873. The third-order valence-electron chi connectivity index (χ3n) is 2.60. The molecule has 1 aromatic heterocycles. The van der Waals surface area contributed by atoms with Crippen LogP contribution in [0.25, 0.3) is 0 Å². The molecule has 0 aliphatic heterocycles. The molecule has 0 saturated heterocycles. The van der Waals surface area contributed by atoms with E-state index in [9.17, 15) is 18.0 Å². The number of aromatic nitrogens is 1. The van der Waals surface area contributed by atoms with Gasteiger partial charge in [-0.25, -0.2) is 23.0 Å². The number of pyridine rings is 1. The highest BCUT2D eigenvalue weighted by atomic mass is 32.2. The summed E-state index contributed by atoms with van der Waals surface area (Å²) in [6.07, 6.45) is 0. The largest absolute Gasteiger partial charge is 0.477 e. The van der Waals surface area contributed by atoms with Crippen molar-refractivity contribution in [1.82, 2.24) is 4.98 Å². The van der Waals surface area contributed by atoms with Crippen LogP contribution >= 0.6 is 0 Å². The van der Waals surface area contributed by atoms with Crippen LogP contribution in [-0.4, -0.2) is 35.6 Å². The normalized spacial score (nSPS) is 11.0. The highest BCUT2D eigenvalue weighted by Crippen LogP contribution is 2.22. The lowest BCUT2D eigenvalue weighted by Gasteiger charge is -2.06. The van der Waals surface area contributed by atoms with Crippen LogP contribution < -0.4 is 0 Å². The van der Waals surface area contributed by atoms with E-state index < -0.39 is 38.1 Å². The molecule has 0 unspecified atom stereocenters.